The van der Waals surface area contributed by atoms with E-state index in [1.165, 1.54) is 24.3 Å². The first kappa shape index (κ1) is 20.3. The molecule has 1 aliphatic heterocycles. The fourth-order valence-electron chi connectivity index (χ4n) is 3.45. The molecule has 0 radical (unpaired) electrons. The smallest absolute Gasteiger partial charge is 0.352 e. The number of carbonyl (C=O) groups excluding carboxylic acids is 1. The molecule has 0 bridgehead atoms. The summed E-state index contributed by atoms with van der Waals surface area (Å²) in [5.74, 6) is -0.569. The van der Waals surface area contributed by atoms with E-state index in [0.29, 0.717) is 18.7 Å². The number of likely N-dealkylation sites (tertiary alicyclic amines) is 1. The van der Waals surface area contributed by atoms with Gasteiger partial charge in [0.2, 0.25) is 5.91 Å². The molecule has 150 valence electrons. The minimum Gasteiger partial charge on any atom is -0.352 e. The van der Waals surface area contributed by atoms with Crippen molar-refractivity contribution in [2.45, 2.75) is 32.1 Å². The molecular weight excluding hydrogens is 372 g/mol. The lowest BCUT2D eigenvalue weighted by atomic mass is 9.96. The second-order valence-electron chi connectivity index (χ2n) is 7.12. The van der Waals surface area contributed by atoms with Crippen molar-refractivity contribution < 1.29 is 22.4 Å². The van der Waals surface area contributed by atoms with Gasteiger partial charge in [-0.3, -0.25) is 9.69 Å². The Hall–Kier alpha value is -2.41. The summed E-state index contributed by atoms with van der Waals surface area (Å²) in [5.41, 5.74) is 0.780. The van der Waals surface area contributed by atoms with Crippen LogP contribution in [-0.4, -0.2) is 23.9 Å². The molecule has 7 heteroatoms. The van der Waals surface area contributed by atoms with Crippen LogP contribution in [0.4, 0.5) is 17.6 Å². The number of nitrogens with zero attached hydrogens (tertiary/aromatic N) is 1. The summed E-state index contributed by atoms with van der Waals surface area (Å²) < 4.78 is 51.1. The van der Waals surface area contributed by atoms with Crippen LogP contribution in [0.15, 0.2) is 48.5 Å². The van der Waals surface area contributed by atoms with Crippen molar-refractivity contribution in [2.24, 2.45) is 5.92 Å². The standard InChI is InChI=1S/C21H22F4N2O/c22-19-5-1-3-16(11-19)13-27-10-2-4-17(14-27)20(28)26-12-15-6-8-18(9-7-15)21(23,24)25/h1,3,5-9,11,17H,2,4,10,12-14H2,(H,26,28). The molecule has 2 aromatic rings. The Balaban J connectivity index is 1.51. The van der Waals surface area contributed by atoms with Gasteiger partial charge in [0.05, 0.1) is 11.5 Å². The quantitative estimate of drug-likeness (QED) is 0.764. The van der Waals surface area contributed by atoms with E-state index < -0.39 is 11.7 Å². The van der Waals surface area contributed by atoms with Crippen molar-refractivity contribution in [2.75, 3.05) is 13.1 Å². The molecule has 0 aliphatic carbocycles. The van der Waals surface area contributed by atoms with Gasteiger partial charge in [0, 0.05) is 19.6 Å². The number of carbonyl (C=O) groups is 1. The zero-order valence-corrected chi connectivity index (χ0v) is 15.3. The Bertz CT molecular complexity index is 805. The lowest BCUT2D eigenvalue weighted by molar-refractivity contribution is -0.137. The molecule has 0 spiro atoms. The predicted octanol–water partition coefficient (Wildman–Crippen LogP) is 4.37. The molecule has 1 N–H and O–H groups in total. The number of amides is 1. The zero-order chi connectivity index (χ0) is 20.1. The highest BCUT2D eigenvalue weighted by molar-refractivity contribution is 5.79. The van der Waals surface area contributed by atoms with Gasteiger partial charge in [-0.1, -0.05) is 24.3 Å². The fraction of sp³-hybridized carbons (Fsp3) is 0.381. The van der Waals surface area contributed by atoms with E-state index in [1.54, 1.807) is 6.07 Å². The topological polar surface area (TPSA) is 32.3 Å². The molecule has 1 unspecified atom stereocenters. The van der Waals surface area contributed by atoms with Gasteiger partial charge < -0.3 is 5.32 Å². The van der Waals surface area contributed by atoms with E-state index in [-0.39, 0.29) is 24.2 Å². The van der Waals surface area contributed by atoms with Crippen molar-refractivity contribution in [3.05, 3.63) is 71.0 Å². The van der Waals surface area contributed by atoms with E-state index >= 15 is 0 Å². The fourth-order valence-corrected chi connectivity index (χ4v) is 3.45. The van der Waals surface area contributed by atoms with Crippen LogP contribution in [0.1, 0.15) is 29.5 Å². The maximum absolute atomic E-state index is 13.3. The highest BCUT2D eigenvalue weighted by atomic mass is 19.4. The van der Waals surface area contributed by atoms with Gasteiger partial charge in [-0.15, -0.1) is 0 Å². The molecule has 1 fully saturated rings. The molecule has 3 nitrogen and oxygen atoms in total. The number of alkyl halides is 3. The summed E-state index contributed by atoms with van der Waals surface area (Å²) in [6, 6.07) is 11.2. The largest absolute Gasteiger partial charge is 0.416 e. The number of hydrogen-bond acceptors (Lipinski definition) is 2. The third-order valence-corrected chi connectivity index (χ3v) is 4.92. The lowest BCUT2D eigenvalue weighted by Gasteiger charge is -2.32. The number of rotatable bonds is 5. The zero-order valence-electron chi connectivity index (χ0n) is 15.3. The number of piperidine rings is 1. The van der Waals surface area contributed by atoms with Crippen LogP contribution >= 0.6 is 0 Å². The van der Waals surface area contributed by atoms with Crippen LogP contribution in [0, 0.1) is 11.7 Å². The van der Waals surface area contributed by atoms with Gasteiger partial charge in [0.1, 0.15) is 5.82 Å². The average Bonchev–Trinajstić information content (AvgIpc) is 2.66. The van der Waals surface area contributed by atoms with Crippen LogP contribution in [-0.2, 0) is 24.1 Å². The summed E-state index contributed by atoms with van der Waals surface area (Å²) in [6.07, 6.45) is -2.73. The van der Waals surface area contributed by atoms with Crippen molar-refractivity contribution >= 4 is 5.91 Å². The van der Waals surface area contributed by atoms with Crippen LogP contribution in [0.3, 0.4) is 0 Å². The highest BCUT2D eigenvalue weighted by Gasteiger charge is 2.30. The second-order valence-corrected chi connectivity index (χ2v) is 7.12. The van der Waals surface area contributed by atoms with Crippen LogP contribution in [0.25, 0.3) is 0 Å². The molecule has 1 heterocycles. The number of benzene rings is 2. The first-order chi connectivity index (χ1) is 13.3. The molecule has 1 aliphatic rings. The normalized spacial score (nSPS) is 18.1. The highest BCUT2D eigenvalue weighted by Crippen LogP contribution is 2.29. The summed E-state index contributed by atoms with van der Waals surface area (Å²) in [4.78, 5) is 14.6. The van der Waals surface area contributed by atoms with Crippen LogP contribution < -0.4 is 5.32 Å². The maximum atomic E-state index is 13.3. The van der Waals surface area contributed by atoms with Crippen LogP contribution in [0.2, 0.25) is 0 Å². The van der Waals surface area contributed by atoms with Gasteiger partial charge in [-0.25, -0.2) is 4.39 Å². The Morgan fingerprint density at radius 1 is 1.11 bits per heavy atom. The first-order valence-corrected chi connectivity index (χ1v) is 9.22. The summed E-state index contributed by atoms with van der Waals surface area (Å²) >= 11 is 0. The van der Waals surface area contributed by atoms with Crippen molar-refractivity contribution in [3.63, 3.8) is 0 Å². The molecule has 28 heavy (non-hydrogen) atoms. The van der Waals surface area contributed by atoms with Gasteiger partial charge in [-0.2, -0.15) is 13.2 Å². The molecular formula is C21H22F4N2O. The van der Waals surface area contributed by atoms with E-state index in [1.807, 2.05) is 6.07 Å². The van der Waals surface area contributed by atoms with Crippen molar-refractivity contribution in [3.8, 4) is 0 Å². The second kappa shape index (κ2) is 8.73. The predicted molar refractivity (Wildman–Crippen MR) is 97.7 cm³/mol. The van der Waals surface area contributed by atoms with E-state index in [2.05, 4.69) is 10.2 Å². The average molecular weight is 394 g/mol. The van der Waals surface area contributed by atoms with Gasteiger partial charge in [0.25, 0.3) is 0 Å². The summed E-state index contributed by atoms with van der Waals surface area (Å²) in [7, 11) is 0. The molecule has 1 saturated heterocycles. The Kier molecular flexibility index (Phi) is 6.34. The molecule has 3 rings (SSSR count). The SMILES string of the molecule is O=C(NCc1ccc(C(F)(F)F)cc1)C1CCCN(Cc2cccc(F)c2)C1. The molecule has 2 aromatic carbocycles. The first-order valence-electron chi connectivity index (χ1n) is 9.22. The Labute approximate surface area is 161 Å². The van der Waals surface area contributed by atoms with Crippen molar-refractivity contribution in [1.29, 1.82) is 0 Å². The Morgan fingerprint density at radius 3 is 2.54 bits per heavy atom. The maximum Gasteiger partial charge on any atom is 0.416 e. The molecule has 0 saturated carbocycles. The molecule has 1 atom stereocenters. The van der Waals surface area contributed by atoms with Gasteiger partial charge in [0.15, 0.2) is 0 Å². The third-order valence-electron chi connectivity index (χ3n) is 4.92. The third kappa shape index (κ3) is 5.55. The van der Waals surface area contributed by atoms with Gasteiger partial charge >= 0.3 is 6.18 Å². The lowest BCUT2D eigenvalue weighted by Crippen LogP contribution is -2.42. The minimum absolute atomic E-state index is 0.108. The van der Waals surface area contributed by atoms with Crippen LogP contribution in [0.5, 0.6) is 0 Å². The minimum atomic E-state index is -4.37. The summed E-state index contributed by atoms with van der Waals surface area (Å²) in [6.45, 7) is 2.20. The molecule has 1 amide bonds. The number of hydrogen-bond donors (Lipinski definition) is 1. The Morgan fingerprint density at radius 2 is 1.86 bits per heavy atom. The van der Waals surface area contributed by atoms with E-state index in [4.69, 9.17) is 0 Å². The monoisotopic (exact) mass is 394 g/mol. The van der Waals surface area contributed by atoms with Gasteiger partial charge in [-0.05, 0) is 54.8 Å². The number of nitrogens with one attached hydrogen (secondary N) is 1. The molecule has 0 aromatic heterocycles. The van der Waals surface area contributed by atoms with E-state index in [0.717, 1.165) is 37.1 Å². The number of halogens is 4. The summed E-state index contributed by atoms with van der Waals surface area (Å²) in [5, 5.41) is 2.81. The van der Waals surface area contributed by atoms with Crippen molar-refractivity contribution in [1.82, 2.24) is 10.2 Å². The van der Waals surface area contributed by atoms with E-state index in [9.17, 15) is 22.4 Å².